The van der Waals surface area contributed by atoms with Crippen molar-refractivity contribution >= 4 is 28.5 Å². The van der Waals surface area contributed by atoms with Gasteiger partial charge in [-0.25, -0.2) is 4.79 Å². The molecule has 2 N–H and O–H groups in total. The zero-order valence-electron chi connectivity index (χ0n) is 19.8. The molecule has 1 aliphatic heterocycles. The molecule has 2 aromatic rings. The number of carbonyl (C=O) groups excluding carboxylic acids is 2. The van der Waals surface area contributed by atoms with Gasteiger partial charge in [0, 0.05) is 56.1 Å². The molecular formula is C25H36N4O4. The van der Waals surface area contributed by atoms with E-state index >= 15 is 0 Å². The lowest BCUT2D eigenvalue weighted by Crippen LogP contribution is -2.51. The summed E-state index contributed by atoms with van der Waals surface area (Å²) in [5, 5.41) is 3.69. The van der Waals surface area contributed by atoms with Crippen molar-refractivity contribution < 1.29 is 19.1 Å². The van der Waals surface area contributed by atoms with Crippen molar-refractivity contribution in [3.05, 3.63) is 23.9 Å². The van der Waals surface area contributed by atoms with Gasteiger partial charge in [-0.1, -0.05) is 19.3 Å². The number of nitrogens with zero attached hydrogens (tertiary/aromatic N) is 2. The molecule has 33 heavy (non-hydrogen) atoms. The smallest absolute Gasteiger partial charge is 0.356 e. The Morgan fingerprint density at radius 2 is 1.88 bits per heavy atom. The first kappa shape index (κ1) is 23.6. The van der Waals surface area contributed by atoms with Gasteiger partial charge < -0.3 is 24.7 Å². The first-order valence-electron chi connectivity index (χ1n) is 12.2. The molecule has 4 rings (SSSR count). The van der Waals surface area contributed by atoms with E-state index in [4.69, 9.17) is 9.47 Å². The predicted molar refractivity (Wildman–Crippen MR) is 129 cm³/mol. The standard InChI is InChI=1S/C25H36N4O4/c1-3-33-25(31)24-23(20-17-19(32-2)9-10-21(20)26-24)27-22(30)11-12-28-13-15-29(16-14-28)18-7-5-4-6-8-18/h9-10,17-18,26H,3-8,11-16H2,1-2H3,(H,27,30). The molecule has 1 aromatic heterocycles. The van der Waals surface area contributed by atoms with Crippen LogP contribution in [0.1, 0.15) is 55.9 Å². The van der Waals surface area contributed by atoms with Gasteiger partial charge >= 0.3 is 5.97 Å². The minimum absolute atomic E-state index is 0.112. The number of hydrogen-bond acceptors (Lipinski definition) is 6. The molecule has 2 aliphatic rings. The third-order valence-corrected chi connectivity index (χ3v) is 6.90. The minimum Gasteiger partial charge on any atom is -0.497 e. The Morgan fingerprint density at radius 1 is 1.12 bits per heavy atom. The number of hydrogen-bond donors (Lipinski definition) is 2. The molecule has 1 saturated heterocycles. The van der Waals surface area contributed by atoms with Crippen LogP contribution < -0.4 is 10.1 Å². The molecule has 1 saturated carbocycles. The number of amides is 1. The highest BCUT2D eigenvalue weighted by Gasteiger charge is 2.26. The van der Waals surface area contributed by atoms with E-state index in [1.165, 1.54) is 32.1 Å². The van der Waals surface area contributed by atoms with Crippen LogP contribution in [0.15, 0.2) is 18.2 Å². The number of rotatable bonds is 8. The van der Waals surface area contributed by atoms with Gasteiger partial charge in [-0.05, 0) is 38.0 Å². The van der Waals surface area contributed by atoms with Gasteiger partial charge in [0.2, 0.25) is 5.91 Å². The number of carbonyl (C=O) groups is 2. The number of H-pyrrole nitrogens is 1. The van der Waals surface area contributed by atoms with Crippen LogP contribution in [0.4, 0.5) is 5.69 Å². The van der Waals surface area contributed by atoms with Crippen molar-refractivity contribution in [2.75, 3.05) is 51.8 Å². The second kappa shape index (κ2) is 11.0. The van der Waals surface area contributed by atoms with Gasteiger partial charge in [-0.15, -0.1) is 0 Å². The number of aromatic amines is 1. The lowest BCUT2D eigenvalue weighted by molar-refractivity contribution is -0.116. The Morgan fingerprint density at radius 3 is 2.58 bits per heavy atom. The van der Waals surface area contributed by atoms with E-state index in [-0.39, 0.29) is 18.2 Å². The van der Waals surface area contributed by atoms with Crippen LogP contribution in [0.25, 0.3) is 10.9 Å². The maximum Gasteiger partial charge on any atom is 0.356 e. The van der Waals surface area contributed by atoms with Gasteiger partial charge in [0.25, 0.3) is 0 Å². The molecule has 8 nitrogen and oxygen atoms in total. The third kappa shape index (κ3) is 5.68. The topological polar surface area (TPSA) is 86.9 Å². The van der Waals surface area contributed by atoms with Crippen LogP contribution in [0.3, 0.4) is 0 Å². The Balaban J connectivity index is 1.36. The zero-order chi connectivity index (χ0) is 23.2. The van der Waals surface area contributed by atoms with Gasteiger partial charge in [0.15, 0.2) is 0 Å². The first-order valence-corrected chi connectivity index (χ1v) is 12.2. The number of benzene rings is 1. The summed E-state index contributed by atoms with van der Waals surface area (Å²) in [5.74, 6) is 0.0593. The average molecular weight is 457 g/mol. The molecule has 0 spiro atoms. The van der Waals surface area contributed by atoms with Crippen LogP contribution in [-0.2, 0) is 9.53 Å². The van der Waals surface area contributed by atoms with Gasteiger partial charge in [-0.2, -0.15) is 0 Å². The fourth-order valence-corrected chi connectivity index (χ4v) is 5.04. The maximum absolute atomic E-state index is 12.9. The first-order chi connectivity index (χ1) is 16.1. The van der Waals surface area contributed by atoms with E-state index in [2.05, 4.69) is 20.1 Å². The number of esters is 1. The SMILES string of the molecule is CCOC(=O)c1[nH]c2ccc(OC)cc2c1NC(=O)CCN1CCN(C2CCCCC2)CC1. The van der Waals surface area contributed by atoms with E-state index in [9.17, 15) is 9.59 Å². The molecular weight excluding hydrogens is 420 g/mol. The molecule has 0 radical (unpaired) electrons. The highest BCUT2D eigenvalue weighted by molar-refractivity contribution is 6.11. The number of ether oxygens (including phenoxy) is 2. The van der Waals surface area contributed by atoms with E-state index in [0.29, 0.717) is 24.4 Å². The van der Waals surface area contributed by atoms with E-state index in [1.807, 2.05) is 18.2 Å². The number of fused-ring (bicyclic) bond motifs is 1. The van der Waals surface area contributed by atoms with Gasteiger partial charge in [0.1, 0.15) is 11.4 Å². The number of aromatic nitrogens is 1. The van der Waals surface area contributed by atoms with Crippen molar-refractivity contribution in [2.24, 2.45) is 0 Å². The Kier molecular flexibility index (Phi) is 7.88. The van der Waals surface area contributed by atoms with Crippen molar-refractivity contribution in [2.45, 2.75) is 51.5 Å². The summed E-state index contributed by atoms with van der Waals surface area (Å²) in [6, 6.07) is 6.21. The molecule has 1 aromatic carbocycles. The summed E-state index contributed by atoms with van der Waals surface area (Å²) in [7, 11) is 1.59. The van der Waals surface area contributed by atoms with Crippen LogP contribution in [-0.4, -0.2) is 79.1 Å². The fourth-order valence-electron chi connectivity index (χ4n) is 5.04. The van der Waals surface area contributed by atoms with Crippen LogP contribution in [0.2, 0.25) is 0 Å². The average Bonchev–Trinajstić information content (AvgIpc) is 3.21. The van der Waals surface area contributed by atoms with Crippen LogP contribution in [0.5, 0.6) is 5.75 Å². The molecule has 0 unspecified atom stereocenters. The molecule has 8 heteroatoms. The van der Waals surface area contributed by atoms with E-state index < -0.39 is 5.97 Å². The summed E-state index contributed by atoms with van der Waals surface area (Å²) in [6.45, 7) is 6.91. The van der Waals surface area contributed by atoms with Crippen molar-refractivity contribution in [1.82, 2.24) is 14.8 Å². The molecule has 0 bridgehead atoms. The van der Waals surface area contributed by atoms with Crippen molar-refractivity contribution in [3.8, 4) is 5.75 Å². The number of nitrogens with one attached hydrogen (secondary N) is 2. The van der Waals surface area contributed by atoms with Crippen molar-refractivity contribution in [1.29, 1.82) is 0 Å². The number of piperazine rings is 1. The molecule has 1 aliphatic carbocycles. The highest BCUT2D eigenvalue weighted by atomic mass is 16.5. The predicted octanol–water partition coefficient (Wildman–Crippen LogP) is 3.63. The minimum atomic E-state index is -0.484. The van der Waals surface area contributed by atoms with E-state index in [0.717, 1.165) is 43.1 Å². The largest absolute Gasteiger partial charge is 0.497 e. The van der Waals surface area contributed by atoms with Crippen LogP contribution >= 0.6 is 0 Å². The summed E-state index contributed by atoms with van der Waals surface area (Å²) >= 11 is 0. The molecule has 2 heterocycles. The fraction of sp³-hybridized carbons (Fsp3) is 0.600. The summed E-state index contributed by atoms with van der Waals surface area (Å²) in [6.07, 6.45) is 7.15. The molecule has 2 fully saturated rings. The molecule has 0 atom stereocenters. The number of methoxy groups -OCH3 is 1. The van der Waals surface area contributed by atoms with Gasteiger partial charge in [0.05, 0.1) is 19.4 Å². The summed E-state index contributed by atoms with van der Waals surface area (Å²) < 4.78 is 10.5. The summed E-state index contributed by atoms with van der Waals surface area (Å²) in [4.78, 5) is 33.4. The quantitative estimate of drug-likeness (QED) is 0.590. The van der Waals surface area contributed by atoms with E-state index in [1.54, 1.807) is 14.0 Å². The molecule has 180 valence electrons. The summed E-state index contributed by atoms with van der Waals surface area (Å²) in [5.41, 5.74) is 1.46. The second-order valence-electron chi connectivity index (χ2n) is 8.97. The molecule has 1 amide bonds. The normalized spacial score (nSPS) is 18.4. The Bertz CT molecular complexity index is 959. The zero-order valence-corrected chi connectivity index (χ0v) is 19.8. The third-order valence-electron chi connectivity index (χ3n) is 6.90. The Hall–Kier alpha value is -2.58. The maximum atomic E-state index is 12.9. The second-order valence-corrected chi connectivity index (χ2v) is 8.97. The monoisotopic (exact) mass is 456 g/mol. The van der Waals surface area contributed by atoms with Gasteiger partial charge in [-0.3, -0.25) is 9.69 Å². The lowest BCUT2D eigenvalue weighted by atomic mass is 9.94. The highest BCUT2D eigenvalue weighted by Crippen LogP contribution is 2.31. The number of anilines is 1. The Labute approximate surface area is 195 Å². The van der Waals surface area contributed by atoms with Crippen LogP contribution in [0, 0.1) is 0 Å². The van der Waals surface area contributed by atoms with Crippen molar-refractivity contribution in [3.63, 3.8) is 0 Å². The lowest BCUT2D eigenvalue weighted by Gasteiger charge is -2.40.